The molecule has 4 aromatic rings. The summed E-state index contributed by atoms with van der Waals surface area (Å²) in [5.74, 6) is -0.834. The first kappa shape index (κ1) is 18.6. The minimum atomic E-state index is -0.522. The molecule has 0 saturated heterocycles. The van der Waals surface area contributed by atoms with Crippen LogP contribution < -0.4 is 5.32 Å². The van der Waals surface area contributed by atoms with Gasteiger partial charge in [0.1, 0.15) is 5.82 Å². The number of Topliss-reactive ketones (excluding diaryl/α,β-unsaturated/α-hetero) is 1. The van der Waals surface area contributed by atoms with Gasteiger partial charge in [-0.3, -0.25) is 4.79 Å². The summed E-state index contributed by atoms with van der Waals surface area (Å²) in [5, 5.41) is 7.99. The summed E-state index contributed by atoms with van der Waals surface area (Å²) in [6, 6.07) is 24.4. The van der Waals surface area contributed by atoms with Gasteiger partial charge in [0.25, 0.3) is 0 Å². The summed E-state index contributed by atoms with van der Waals surface area (Å²) in [5.41, 5.74) is 4.27. The molecule has 1 N–H and O–H groups in total. The lowest BCUT2D eigenvalue weighted by molar-refractivity contribution is 0.101. The number of hydrogen-bond donors (Lipinski definition) is 1. The summed E-state index contributed by atoms with van der Waals surface area (Å²) in [6.45, 7) is 1.77. The molecular weight excluding hydrogens is 365 g/mol. The molecule has 3 aromatic carbocycles. The first-order valence-corrected chi connectivity index (χ1v) is 9.36. The molecular formula is C24H20FN3O. The second-order valence-electron chi connectivity index (χ2n) is 6.72. The molecule has 0 aliphatic heterocycles. The number of rotatable bonds is 6. The maximum absolute atomic E-state index is 14.1. The highest BCUT2D eigenvalue weighted by molar-refractivity contribution is 5.99. The molecule has 0 saturated carbocycles. The van der Waals surface area contributed by atoms with E-state index in [-0.39, 0.29) is 11.3 Å². The lowest BCUT2D eigenvalue weighted by Crippen LogP contribution is -2.07. The zero-order chi connectivity index (χ0) is 20.2. The second-order valence-corrected chi connectivity index (χ2v) is 6.72. The monoisotopic (exact) mass is 385 g/mol. The minimum absolute atomic E-state index is 0.0733. The smallest absolute Gasteiger partial charge is 0.164 e. The summed E-state index contributed by atoms with van der Waals surface area (Å²) in [4.78, 5) is 11.9. The predicted molar refractivity (Wildman–Crippen MR) is 113 cm³/mol. The molecule has 0 aliphatic carbocycles. The minimum Gasteiger partial charge on any atom is -0.380 e. The number of ketones is 1. The van der Waals surface area contributed by atoms with E-state index in [1.54, 1.807) is 12.1 Å². The number of hydrogen-bond acceptors (Lipinski definition) is 3. The van der Waals surface area contributed by atoms with Crippen molar-refractivity contribution >= 4 is 11.5 Å². The summed E-state index contributed by atoms with van der Waals surface area (Å²) >= 11 is 0. The first-order chi connectivity index (χ1) is 14.1. The van der Waals surface area contributed by atoms with Gasteiger partial charge in [-0.05, 0) is 31.2 Å². The normalized spacial score (nSPS) is 10.7. The van der Waals surface area contributed by atoms with Crippen molar-refractivity contribution < 1.29 is 9.18 Å². The highest BCUT2D eigenvalue weighted by Crippen LogP contribution is 2.26. The molecule has 0 aliphatic rings. The number of carbonyl (C=O) groups excluding carboxylic acids is 1. The Balaban J connectivity index is 1.71. The third-order valence-corrected chi connectivity index (χ3v) is 4.69. The number of para-hydroxylation sites is 1. The molecule has 0 atom stereocenters. The van der Waals surface area contributed by atoms with Gasteiger partial charge in [-0.2, -0.15) is 5.10 Å². The SMILES string of the molecule is CC(=O)c1c(F)cccc1NCc1cn(-c2ccccc2)nc1-c1ccccc1. The van der Waals surface area contributed by atoms with Gasteiger partial charge in [0.15, 0.2) is 5.78 Å². The number of carbonyl (C=O) groups is 1. The van der Waals surface area contributed by atoms with Crippen molar-refractivity contribution in [1.82, 2.24) is 9.78 Å². The van der Waals surface area contributed by atoms with Crippen LogP contribution in [0.3, 0.4) is 0 Å². The third kappa shape index (κ3) is 3.94. The van der Waals surface area contributed by atoms with Gasteiger partial charge in [-0.1, -0.05) is 54.6 Å². The Morgan fingerprint density at radius 2 is 1.66 bits per heavy atom. The van der Waals surface area contributed by atoms with Crippen molar-refractivity contribution in [3.05, 3.63) is 102 Å². The van der Waals surface area contributed by atoms with E-state index in [0.29, 0.717) is 12.2 Å². The van der Waals surface area contributed by atoms with E-state index in [4.69, 9.17) is 5.10 Å². The van der Waals surface area contributed by atoms with Crippen LogP contribution in [-0.2, 0) is 6.54 Å². The molecule has 0 radical (unpaired) electrons. The van der Waals surface area contributed by atoms with Crippen LogP contribution in [0.2, 0.25) is 0 Å². The van der Waals surface area contributed by atoms with Crippen molar-refractivity contribution in [3.63, 3.8) is 0 Å². The van der Waals surface area contributed by atoms with Crippen molar-refractivity contribution in [2.24, 2.45) is 0 Å². The molecule has 0 spiro atoms. The fourth-order valence-corrected chi connectivity index (χ4v) is 3.31. The molecule has 29 heavy (non-hydrogen) atoms. The van der Waals surface area contributed by atoms with Gasteiger partial charge in [-0.15, -0.1) is 0 Å². The van der Waals surface area contributed by atoms with Gasteiger partial charge in [0.2, 0.25) is 0 Å². The molecule has 0 unspecified atom stereocenters. The zero-order valence-electron chi connectivity index (χ0n) is 16.0. The van der Waals surface area contributed by atoms with Crippen molar-refractivity contribution in [1.29, 1.82) is 0 Å². The van der Waals surface area contributed by atoms with Crippen LogP contribution in [0.4, 0.5) is 10.1 Å². The predicted octanol–water partition coefficient (Wildman–Crippen LogP) is 5.49. The van der Waals surface area contributed by atoms with Gasteiger partial charge in [0.05, 0.1) is 16.9 Å². The average molecular weight is 385 g/mol. The third-order valence-electron chi connectivity index (χ3n) is 4.69. The average Bonchev–Trinajstić information content (AvgIpc) is 3.17. The summed E-state index contributed by atoms with van der Waals surface area (Å²) in [7, 11) is 0. The number of anilines is 1. The Bertz CT molecular complexity index is 1140. The van der Waals surface area contributed by atoms with E-state index in [1.165, 1.54) is 13.0 Å². The largest absolute Gasteiger partial charge is 0.380 e. The van der Waals surface area contributed by atoms with E-state index < -0.39 is 5.82 Å². The highest BCUT2D eigenvalue weighted by atomic mass is 19.1. The fourth-order valence-electron chi connectivity index (χ4n) is 3.31. The van der Waals surface area contributed by atoms with Gasteiger partial charge < -0.3 is 5.32 Å². The number of aromatic nitrogens is 2. The number of benzene rings is 3. The second kappa shape index (κ2) is 8.10. The van der Waals surface area contributed by atoms with E-state index >= 15 is 0 Å². The van der Waals surface area contributed by atoms with Gasteiger partial charge in [-0.25, -0.2) is 9.07 Å². The maximum Gasteiger partial charge on any atom is 0.164 e. The van der Waals surface area contributed by atoms with E-state index in [0.717, 1.165) is 22.5 Å². The zero-order valence-corrected chi connectivity index (χ0v) is 16.0. The molecule has 0 bridgehead atoms. The van der Waals surface area contributed by atoms with Crippen LogP contribution in [-0.4, -0.2) is 15.6 Å². The highest BCUT2D eigenvalue weighted by Gasteiger charge is 2.15. The van der Waals surface area contributed by atoms with Gasteiger partial charge >= 0.3 is 0 Å². The fraction of sp³-hybridized carbons (Fsp3) is 0.0833. The number of halogens is 1. The molecule has 144 valence electrons. The molecule has 4 rings (SSSR count). The van der Waals surface area contributed by atoms with E-state index in [2.05, 4.69) is 5.32 Å². The molecule has 5 heteroatoms. The Kier molecular flexibility index (Phi) is 5.20. The van der Waals surface area contributed by atoms with Crippen LogP contribution in [0.25, 0.3) is 16.9 Å². The summed E-state index contributed by atoms with van der Waals surface area (Å²) in [6.07, 6.45) is 1.96. The Morgan fingerprint density at radius 1 is 0.966 bits per heavy atom. The molecule has 1 aromatic heterocycles. The van der Waals surface area contributed by atoms with Crippen LogP contribution in [0.1, 0.15) is 22.8 Å². The molecule has 4 nitrogen and oxygen atoms in total. The lowest BCUT2D eigenvalue weighted by Gasteiger charge is -2.11. The number of nitrogens with zero attached hydrogens (tertiary/aromatic N) is 2. The summed E-state index contributed by atoms with van der Waals surface area (Å²) < 4.78 is 15.9. The van der Waals surface area contributed by atoms with Crippen LogP contribution >= 0.6 is 0 Å². The maximum atomic E-state index is 14.1. The molecule has 0 amide bonds. The van der Waals surface area contributed by atoms with Crippen molar-refractivity contribution in [2.75, 3.05) is 5.32 Å². The topological polar surface area (TPSA) is 46.9 Å². The Morgan fingerprint density at radius 3 is 2.34 bits per heavy atom. The van der Waals surface area contributed by atoms with Gasteiger partial charge in [0, 0.05) is 29.6 Å². The standard InChI is InChI=1S/C24H20FN3O/c1-17(29)23-21(25)13-8-14-22(23)26-15-19-16-28(20-11-6-3-7-12-20)27-24(19)18-9-4-2-5-10-18/h2-14,16,26H,15H2,1H3. The van der Waals surface area contributed by atoms with Crippen molar-refractivity contribution in [3.8, 4) is 16.9 Å². The lowest BCUT2D eigenvalue weighted by atomic mass is 10.1. The van der Waals surface area contributed by atoms with Crippen LogP contribution in [0, 0.1) is 5.82 Å². The van der Waals surface area contributed by atoms with Crippen LogP contribution in [0.5, 0.6) is 0 Å². The number of nitrogens with one attached hydrogen (secondary N) is 1. The Labute approximate surface area is 168 Å². The molecule has 0 fully saturated rings. The van der Waals surface area contributed by atoms with E-state index in [1.807, 2.05) is 71.5 Å². The van der Waals surface area contributed by atoms with Crippen molar-refractivity contribution in [2.45, 2.75) is 13.5 Å². The Hall–Kier alpha value is -3.73. The molecule has 1 heterocycles. The quantitative estimate of drug-likeness (QED) is 0.446. The van der Waals surface area contributed by atoms with E-state index in [9.17, 15) is 9.18 Å². The van der Waals surface area contributed by atoms with Crippen LogP contribution in [0.15, 0.2) is 85.1 Å². The first-order valence-electron chi connectivity index (χ1n) is 9.36.